The average molecular weight is 532 g/mol. The zero-order chi connectivity index (χ0) is 25.7. The Kier molecular flexibility index (Phi) is 7.18. The average Bonchev–Trinajstić information content (AvgIpc) is 3.73. The number of nitrogens with zero attached hydrogens (tertiary/aromatic N) is 10. The summed E-state index contributed by atoms with van der Waals surface area (Å²) >= 11 is 1.59. The van der Waals surface area contributed by atoms with Crippen molar-refractivity contribution in [2.24, 2.45) is 7.05 Å². The van der Waals surface area contributed by atoms with Crippen LogP contribution in [0.4, 0.5) is 11.6 Å². The van der Waals surface area contributed by atoms with Crippen molar-refractivity contribution in [3.8, 4) is 17.0 Å². The Bertz CT molecular complexity index is 1490. The maximum Gasteiger partial charge on any atom is 0.247 e. The molecule has 1 N–H and O–H groups in total. The van der Waals surface area contributed by atoms with Crippen molar-refractivity contribution in [3.63, 3.8) is 0 Å². The Balaban J connectivity index is 1.08. The largest absolute Gasteiger partial charge is 0.492 e. The standard InChI is InChI=1S/C25H29N11OS/c1-33-25(29-31-32-33)38-16-14-35-18-19(17-26-35)22-5-4-6-23-28-24(30-36(22)23)27-20-7-9-21(10-8-20)37-15-13-34-11-2-3-12-34/h4-10,17-18H,2-3,11-16H2,1H3,(H,27,30). The van der Waals surface area contributed by atoms with Crippen molar-refractivity contribution in [1.29, 1.82) is 0 Å². The van der Waals surface area contributed by atoms with Crippen LogP contribution in [0.3, 0.4) is 0 Å². The maximum atomic E-state index is 5.91. The number of benzene rings is 1. The molecule has 5 aromatic rings. The van der Waals surface area contributed by atoms with Gasteiger partial charge in [0.25, 0.3) is 0 Å². The lowest BCUT2D eigenvalue weighted by atomic mass is 10.2. The van der Waals surface area contributed by atoms with Crippen LogP contribution in [-0.2, 0) is 13.6 Å². The molecule has 5 heterocycles. The Morgan fingerprint density at radius 2 is 1.92 bits per heavy atom. The zero-order valence-corrected chi connectivity index (χ0v) is 22.0. The van der Waals surface area contributed by atoms with Crippen LogP contribution in [0.25, 0.3) is 16.9 Å². The molecule has 12 nitrogen and oxygen atoms in total. The van der Waals surface area contributed by atoms with E-state index in [0.717, 1.165) is 52.3 Å². The van der Waals surface area contributed by atoms with Gasteiger partial charge in [0.2, 0.25) is 11.1 Å². The maximum absolute atomic E-state index is 5.91. The first-order valence-electron chi connectivity index (χ1n) is 12.7. The zero-order valence-electron chi connectivity index (χ0n) is 21.1. The molecular formula is C25H29N11OS. The van der Waals surface area contributed by atoms with Crippen LogP contribution >= 0.6 is 11.8 Å². The molecule has 38 heavy (non-hydrogen) atoms. The van der Waals surface area contributed by atoms with Crippen molar-refractivity contribution in [3.05, 3.63) is 54.9 Å². The summed E-state index contributed by atoms with van der Waals surface area (Å²) in [6, 6.07) is 13.8. The highest BCUT2D eigenvalue weighted by atomic mass is 32.2. The Labute approximate surface area is 224 Å². The van der Waals surface area contributed by atoms with E-state index in [0.29, 0.717) is 12.6 Å². The van der Waals surface area contributed by atoms with Gasteiger partial charge in [-0.05, 0) is 72.8 Å². The molecule has 0 unspecified atom stereocenters. The van der Waals surface area contributed by atoms with Crippen LogP contribution in [0.2, 0.25) is 0 Å². The smallest absolute Gasteiger partial charge is 0.247 e. The second-order valence-corrected chi connectivity index (χ2v) is 10.2. The van der Waals surface area contributed by atoms with Gasteiger partial charge in [0, 0.05) is 36.8 Å². The number of thioether (sulfide) groups is 1. The van der Waals surface area contributed by atoms with Gasteiger partial charge in [-0.3, -0.25) is 9.58 Å². The Morgan fingerprint density at radius 1 is 1.05 bits per heavy atom. The highest BCUT2D eigenvalue weighted by Gasteiger charge is 2.13. The lowest BCUT2D eigenvalue weighted by molar-refractivity contribution is 0.238. The number of ether oxygens (including phenoxy) is 1. The minimum atomic E-state index is 0.529. The van der Waals surface area contributed by atoms with E-state index < -0.39 is 0 Å². The fourth-order valence-corrected chi connectivity index (χ4v) is 5.21. The van der Waals surface area contributed by atoms with Gasteiger partial charge in [0.05, 0.1) is 18.4 Å². The summed E-state index contributed by atoms with van der Waals surface area (Å²) < 4.78 is 11.3. The molecule has 0 spiro atoms. The SMILES string of the molecule is Cn1nnnc1SCCn1cc(-c2cccc3nc(Nc4ccc(OCCN5CCCC5)cc4)nn23)cn1. The molecule has 0 saturated carbocycles. The lowest BCUT2D eigenvalue weighted by Gasteiger charge is -2.15. The normalized spacial score (nSPS) is 13.9. The van der Waals surface area contributed by atoms with Gasteiger partial charge in [-0.2, -0.15) is 10.1 Å². The first-order chi connectivity index (χ1) is 18.7. The number of hydrogen-bond acceptors (Lipinski definition) is 10. The van der Waals surface area contributed by atoms with Crippen LogP contribution in [0.1, 0.15) is 12.8 Å². The first-order valence-corrected chi connectivity index (χ1v) is 13.7. The van der Waals surface area contributed by atoms with Crippen LogP contribution in [0.5, 0.6) is 5.75 Å². The number of fused-ring (bicyclic) bond motifs is 1. The predicted octanol–water partition coefficient (Wildman–Crippen LogP) is 3.13. The highest BCUT2D eigenvalue weighted by molar-refractivity contribution is 7.99. The third kappa shape index (κ3) is 5.63. The van der Waals surface area contributed by atoms with Gasteiger partial charge in [0.15, 0.2) is 5.65 Å². The molecule has 0 amide bonds. The van der Waals surface area contributed by atoms with Crippen molar-refractivity contribution in [2.45, 2.75) is 24.5 Å². The van der Waals surface area contributed by atoms with E-state index in [4.69, 9.17) is 9.84 Å². The minimum Gasteiger partial charge on any atom is -0.492 e. The van der Waals surface area contributed by atoms with E-state index in [1.165, 1.54) is 25.9 Å². The molecule has 1 saturated heterocycles. The van der Waals surface area contributed by atoms with E-state index in [2.05, 4.69) is 35.8 Å². The molecule has 0 radical (unpaired) electrons. The summed E-state index contributed by atoms with van der Waals surface area (Å²) in [7, 11) is 1.83. The van der Waals surface area contributed by atoms with Gasteiger partial charge in [0.1, 0.15) is 12.4 Å². The van der Waals surface area contributed by atoms with Gasteiger partial charge in [-0.15, -0.1) is 10.2 Å². The molecule has 6 rings (SSSR count). The molecule has 0 atom stereocenters. The Morgan fingerprint density at radius 3 is 2.74 bits per heavy atom. The molecule has 4 aromatic heterocycles. The van der Waals surface area contributed by atoms with E-state index in [-0.39, 0.29) is 0 Å². The summed E-state index contributed by atoms with van der Waals surface area (Å²) in [5, 5.41) is 24.8. The fraction of sp³-hybridized carbons (Fsp3) is 0.360. The number of hydrogen-bond donors (Lipinski definition) is 1. The van der Waals surface area contributed by atoms with Crippen LogP contribution < -0.4 is 10.1 Å². The fourth-order valence-electron chi connectivity index (χ4n) is 4.43. The monoisotopic (exact) mass is 531 g/mol. The second kappa shape index (κ2) is 11.2. The van der Waals surface area contributed by atoms with Crippen LogP contribution in [-0.4, -0.2) is 81.5 Å². The third-order valence-electron chi connectivity index (χ3n) is 6.41. The van der Waals surface area contributed by atoms with Crippen LogP contribution in [0, 0.1) is 0 Å². The van der Waals surface area contributed by atoms with Crippen molar-refractivity contribution >= 4 is 29.0 Å². The quantitative estimate of drug-likeness (QED) is 0.255. The summed E-state index contributed by atoms with van der Waals surface area (Å²) in [6.07, 6.45) is 6.46. The molecule has 196 valence electrons. The molecule has 1 fully saturated rings. The topological polar surface area (TPSA) is 116 Å². The predicted molar refractivity (Wildman–Crippen MR) is 145 cm³/mol. The second-order valence-electron chi connectivity index (χ2n) is 9.09. The number of rotatable bonds is 11. The molecule has 1 aliphatic heterocycles. The van der Waals surface area contributed by atoms with Gasteiger partial charge < -0.3 is 10.1 Å². The summed E-state index contributed by atoms with van der Waals surface area (Å²) in [5.41, 5.74) is 3.54. The van der Waals surface area contributed by atoms with E-state index in [1.807, 2.05) is 71.1 Å². The molecule has 1 aliphatic rings. The number of tetrazole rings is 1. The van der Waals surface area contributed by atoms with Crippen molar-refractivity contribution in [2.75, 3.05) is 37.3 Å². The van der Waals surface area contributed by atoms with Crippen molar-refractivity contribution in [1.82, 2.24) is 49.5 Å². The molecule has 1 aromatic carbocycles. The number of aryl methyl sites for hydroxylation is 2. The number of likely N-dealkylation sites (tertiary alicyclic amines) is 1. The van der Waals surface area contributed by atoms with Gasteiger partial charge in [-0.25, -0.2) is 9.20 Å². The molecule has 0 aliphatic carbocycles. The van der Waals surface area contributed by atoms with Gasteiger partial charge >= 0.3 is 0 Å². The van der Waals surface area contributed by atoms with Crippen molar-refractivity contribution < 1.29 is 4.74 Å². The van der Waals surface area contributed by atoms with Crippen LogP contribution in [0.15, 0.2) is 60.0 Å². The Hall–Kier alpha value is -3.97. The van der Waals surface area contributed by atoms with E-state index in [1.54, 1.807) is 16.4 Å². The molecule has 0 bridgehead atoms. The van der Waals surface area contributed by atoms with E-state index in [9.17, 15) is 0 Å². The number of aromatic nitrogens is 9. The summed E-state index contributed by atoms with van der Waals surface area (Å²) in [6.45, 7) is 4.79. The highest BCUT2D eigenvalue weighted by Crippen LogP contribution is 2.23. The summed E-state index contributed by atoms with van der Waals surface area (Å²) in [4.78, 5) is 7.10. The molecular weight excluding hydrogens is 502 g/mol. The minimum absolute atomic E-state index is 0.529. The number of pyridine rings is 1. The number of anilines is 2. The van der Waals surface area contributed by atoms with Gasteiger partial charge in [-0.1, -0.05) is 17.8 Å². The molecule has 13 heteroatoms. The first kappa shape index (κ1) is 24.4. The summed E-state index contributed by atoms with van der Waals surface area (Å²) in [5.74, 6) is 2.20. The van der Waals surface area contributed by atoms with E-state index >= 15 is 0 Å². The number of nitrogens with one attached hydrogen (secondary N) is 1. The third-order valence-corrected chi connectivity index (χ3v) is 7.40. The lowest BCUT2D eigenvalue weighted by Crippen LogP contribution is -2.25.